The van der Waals surface area contributed by atoms with Gasteiger partial charge in [-0.3, -0.25) is 0 Å². The molecule has 0 saturated carbocycles. The van der Waals surface area contributed by atoms with Crippen molar-refractivity contribution in [1.29, 1.82) is 0 Å². The first-order valence-electron chi connectivity index (χ1n) is 11.5. The number of aromatic amines is 1. The largest absolute Gasteiger partial charge is 0.461 e. The number of H-pyrrole nitrogens is 1. The van der Waals surface area contributed by atoms with Gasteiger partial charge in [-0.25, -0.2) is 13.2 Å². The predicted molar refractivity (Wildman–Crippen MR) is 134 cm³/mol. The Morgan fingerprint density at radius 2 is 1.59 bits per heavy atom. The van der Waals surface area contributed by atoms with E-state index >= 15 is 0 Å². The number of rotatable bonds is 9. The Labute approximate surface area is 203 Å². The molecule has 0 unspecified atom stereocenters. The Balaban J connectivity index is 2.02. The SMILES string of the molecule is CCOC(=O)c1[nH]c(C)c(CN(Cc2ccc(C)cc2)S(=O)(=O)c2ccc(C(C)C)cc2)c1C. The molecule has 0 aliphatic heterocycles. The number of sulfonamides is 1. The normalized spacial score (nSPS) is 11.9. The van der Waals surface area contributed by atoms with Crippen molar-refractivity contribution < 1.29 is 17.9 Å². The van der Waals surface area contributed by atoms with E-state index in [1.807, 2.05) is 57.2 Å². The monoisotopic (exact) mass is 482 g/mol. The van der Waals surface area contributed by atoms with Gasteiger partial charge in [0.15, 0.2) is 0 Å². The minimum absolute atomic E-state index is 0.135. The van der Waals surface area contributed by atoms with Crippen LogP contribution in [0, 0.1) is 20.8 Å². The number of hydrogen-bond donors (Lipinski definition) is 1. The van der Waals surface area contributed by atoms with Crippen LogP contribution in [-0.2, 0) is 27.8 Å². The molecular formula is C27H34N2O4S. The number of hydrogen-bond acceptors (Lipinski definition) is 4. The molecule has 0 aliphatic carbocycles. The predicted octanol–water partition coefficient (Wildman–Crippen LogP) is 5.63. The van der Waals surface area contributed by atoms with Crippen molar-refractivity contribution in [2.24, 2.45) is 0 Å². The summed E-state index contributed by atoms with van der Waals surface area (Å²) in [5.74, 6) is -0.126. The van der Waals surface area contributed by atoms with Crippen molar-refractivity contribution >= 4 is 16.0 Å². The van der Waals surface area contributed by atoms with Gasteiger partial charge in [0.05, 0.1) is 11.5 Å². The summed E-state index contributed by atoms with van der Waals surface area (Å²) >= 11 is 0. The molecule has 34 heavy (non-hydrogen) atoms. The van der Waals surface area contributed by atoms with E-state index in [1.165, 1.54) is 4.31 Å². The number of ether oxygens (including phenoxy) is 1. The lowest BCUT2D eigenvalue weighted by Gasteiger charge is -2.23. The molecule has 0 aliphatic rings. The molecule has 182 valence electrons. The lowest BCUT2D eigenvalue weighted by Crippen LogP contribution is -2.30. The first-order valence-corrected chi connectivity index (χ1v) is 13.0. The van der Waals surface area contributed by atoms with Crippen LogP contribution in [0.5, 0.6) is 0 Å². The molecule has 3 aromatic rings. The molecular weight excluding hydrogens is 448 g/mol. The summed E-state index contributed by atoms with van der Waals surface area (Å²) in [5.41, 5.74) is 5.68. The van der Waals surface area contributed by atoms with Crippen molar-refractivity contribution in [2.45, 2.75) is 65.4 Å². The van der Waals surface area contributed by atoms with E-state index in [-0.39, 0.29) is 24.6 Å². The van der Waals surface area contributed by atoms with Gasteiger partial charge in [0.2, 0.25) is 10.0 Å². The highest BCUT2D eigenvalue weighted by Crippen LogP contribution is 2.27. The van der Waals surface area contributed by atoms with Crippen LogP contribution in [0.3, 0.4) is 0 Å². The van der Waals surface area contributed by atoms with E-state index in [4.69, 9.17) is 4.74 Å². The summed E-state index contributed by atoms with van der Waals surface area (Å²) in [7, 11) is -3.80. The van der Waals surface area contributed by atoms with Gasteiger partial charge in [-0.1, -0.05) is 55.8 Å². The number of aryl methyl sites for hydroxylation is 2. The first-order chi connectivity index (χ1) is 16.0. The van der Waals surface area contributed by atoms with Crippen LogP contribution in [0.15, 0.2) is 53.4 Å². The van der Waals surface area contributed by atoms with E-state index < -0.39 is 16.0 Å². The second-order valence-electron chi connectivity index (χ2n) is 8.93. The molecule has 0 amide bonds. The van der Waals surface area contributed by atoms with E-state index in [9.17, 15) is 13.2 Å². The molecule has 1 aromatic heterocycles. The van der Waals surface area contributed by atoms with E-state index in [0.717, 1.165) is 27.9 Å². The lowest BCUT2D eigenvalue weighted by molar-refractivity contribution is 0.0519. The van der Waals surface area contributed by atoms with E-state index in [0.29, 0.717) is 17.2 Å². The van der Waals surface area contributed by atoms with Gasteiger partial charge in [-0.2, -0.15) is 4.31 Å². The summed E-state index contributed by atoms with van der Waals surface area (Å²) < 4.78 is 34.2. The van der Waals surface area contributed by atoms with Crippen LogP contribution in [0.2, 0.25) is 0 Å². The van der Waals surface area contributed by atoms with Gasteiger partial charge < -0.3 is 9.72 Å². The highest BCUT2D eigenvalue weighted by molar-refractivity contribution is 7.89. The third-order valence-corrected chi connectivity index (χ3v) is 7.88. The third kappa shape index (κ3) is 5.59. The van der Waals surface area contributed by atoms with Crippen LogP contribution in [0.4, 0.5) is 0 Å². The minimum atomic E-state index is -3.80. The molecule has 0 fully saturated rings. The van der Waals surface area contributed by atoms with Gasteiger partial charge in [0, 0.05) is 18.8 Å². The molecule has 0 saturated heterocycles. The number of esters is 1. The highest BCUT2D eigenvalue weighted by atomic mass is 32.2. The summed E-state index contributed by atoms with van der Waals surface area (Å²) in [5, 5.41) is 0. The van der Waals surface area contributed by atoms with Crippen molar-refractivity contribution in [2.75, 3.05) is 6.61 Å². The Kier molecular flexibility index (Phi) is 8.00. The van der Waals surface area contributed by atoms with Gasteiger partial charge in [-0.15, -0.1) is 0 Å². The summed E-state index contributed by atoms with van der Waals surface area (Å²) in [4.78, 5) is 15.7. The average molecular weight is 483 g/mol. The number of nitrogens with zero attached hydrogens (tertiary/aromatic N) is 1. The third-order valence-electron chi connectivity index (χ3n) is 6.07. The number of aromatic nitrogens is 1. The molecule has 0 radical (unpaired) electrons. The summed E-state index contributed by atoms with van der Waals surface area (Å²) in [6.45, 7) is 12.2. The zero-order chi connectivity index (χ0) is 25.0. The van der Waals surface area contributed by atoms with E-state index in [1.54, 1.807) is 19.1 Å². The van der Waals surface area contributed by atoms with Crippen LogP contribution >= 0.6 is 0 Å². The summed E-state index contributed by atoms with van der Waals surface area (Å²) in [6.07, 6.45) is 0. The molecule has 1 heterocycles. The van der Waals surface area contributed by atoms with Gasteiger partial charge >= 0.3 is 5.97 Å². The van der Waals surface area contributed by atoms with Gasteiger partial charge in [-0.05, 0) is 68.0 Å². The molecule has 7 heteroatoms. The molecule has 0 bridgehead atoms. The number of carbonyl (C=O) groups is 1. The fourth-order valence-corrected chi connectivity index (χ4v) is 5.30. The van der Waals surface area contributed by atoms with E-state index in [2.05, 4.69) is 18.8 Å². The Hall–Kier alpha value is -2.90. The molecule has 0 atom stereocenters. The van der Waals surface area contributed by atoms with Gasteiger partial charge in [0.25, 0.3) is 0 Å². The van der Waals surface area contributed by atoms with Crippen LogP contribution in [0.1, 0.15) is 70.7 Å². The second kappa shape index (κ2) is 10.6. The van der Waals surface area contributed by atoms with Crippen molar-refractivity contribution in [3.8, 4) is 0 Å². The second-order valence-corrected chi connectivity index (χ2v) is 10.9. The number of benzene rings is 2. The zero-order valence-electron chi connectivity index (χ0n) is 20.8. The zero-order valence-corrected chi connectivity index (χ0v) is 21.6. The van der Waals surface area contributed by atoms with Crippen molar-refractivity contribution in [3.63, 3.8) is 0 Å². The number of carbonyl (C=O) groups excluding carboxylic acids is 1. The quantitative estimate of drug-likeness (QED) is 0.401. The fourth-order valence-electron chi connectivity index (χ4n) is 3.91. The highest BCUT2D eigenvalue weighted by Gasteiger charge is 2.28. The standard InChI is InChI=1S/C27H34N2O4S/c1-7-33-27(30)26-20(5)25(21(6)28-26)17-29(16-22-10-8-19(4)9-11-22)34(31,32)24-14-12-23(13-15-24)18(2)3/h8-15,18,28H,7,16-17H2,1-6H3. The molecule has 6 nitrogen and oxygen atoms in total. The van der Waals surface area contributed by atoms with Crippen LogP contribution in [0.25, 0.3) is 0 Å². The lowest BCUT2D eigenvalue weighted by atomic mass is 10.0. The summed E-state index contributed by atoms with van der Waals surface area (Å²) in [6, 6.07) is 14.9. The Morgan fingerprint density at radius 1 is 0.971 bits per heavy atom. The maximum absolute atomic E-state index is 13.8. The van der Waals surface area contributed by atoms with Crippen LogP contribution < -0.4 is 0 Å². The fraction of sp³-hybridized carbons (Fsp3) is 0.370. The van der Waals surface area contributed by atoms with Crippen molar-refractivity contribution in [3.05, 3.63) is 87.7 Å². The van der Waals surface area contributed by atoms with Gasteiger partial charge in [0.1, 0.15) is 5.69 Å². The molecule has 3 rings (SSSR count). The minimum Gasteiger partial charge on any atom is -0.461 e. The first kappa shape index (κ1) is 25.7. The number of nitrogens with one attached hydrogen (secondary N) is 1. The Bertz CT molecular complexity index is 1240. The smallest absolute Gasteiger partial charge is 0.355 e. The topological polar surface area (TPSA) is 79.5 Å². The van der Waals surface area contributed by atoms with Crippen molar-refractivity contribution in [1.82, 2.24) is 9.29 Å². The Morgan fingerprint density at radius 3 is 2.15 bits per heavy atom. The maximum Gasteiger partial charge on any atom is 0.355 e. The molecule has 1 N–H and O–H groups in total. The molecule has 2 aromatic carbocycles. The molecule has 0 spiro atoms. The average Bonchev–Trinajstić information content (AvgIpc) is 3.08. The van der Waals surface area contributed by atoms with Crippen LogP contribution in [-0.4, -0.2) is 30.3 Å². The maximum atomic E-state index is 13.8.